The molecule has 7 nitrogen and oxygen atoms in total. The number of carbonyl (C=O) groups is 2. The lowest BCUT2D eigenvalue weighted by Crippen LogP contribution is -2.50. The quantitative estimate of drug-likeness (QED) is 0.852. The normalized spacial score (nSPS) is 20.4. The van der Waals surface area contributed by atoms with Gasteiger partial charge in [-0.1, -0.05) is 18.2 Å². The lowest BCUT2D eigenvalue weighted by atomic mass is 10.0. The molecule has 1 aromatic carbocycles. The fourth-order valence-electron chi connectivity index (χ4n) is 3.32. The zero-order chi connectivity index (χ0) is 17.6. The predicted molar refractivity (Wildman–Crippen MR) is 94.5 cm³/mol. The van der Waals surface area contributed by atoms with Crippen molar-refractivity contribution in [2.45, 2.75) is 19.4 Å². The number of carbonyl (C=O) groups excluding carboxylic acids is 2. The average molecular weight is 346 g/mol. The summed E-state index contributed by atoms with van der Waals surface area (Å²) in [7, 11) is 0. The minimum atomic E-state index is -0.149. The molecule has 0 unspecified atom stereocenters. The van der Waals surface area contributed by atoms with Crippen LogP contribution in [0.15, 0.2) is 24.3 Å². The van der Waals surface area contributed by atoms with E-state index in [1.807, 2.05) is 29.2 Å². The maximum absolute atomic E-state index is 12.2. The van der Waals surface area contributed by atoms with Gasteiger partial charge in [-0.25, -0.2) is 4.79 Å². The Kier molecular flexibility index (Phi) is 5.75. The number of ether oxygens (including phenoxy) is 1. The van der Waals surface area contributed by atoms with Crippen LogP contribution in [0.2, 0.25) is 0 Å². The predicted octanol–water partition coefficient (Wildman–Crippen LogP) is 0.974. The summed E-state index contributed by atoms with van der Waals surface area (Å²) in [6.07, 6.45) is 0.775. The molecule has 2 heterocycles. The van der Waals surface area contributed by atoms with Crippen LogP contribution < -0.4 is 15.4 Å². The Hall–Kier alpha value is -2.28. The second-order valence-electron chi connectivity index (χ2n) is 6.48. The largest absolute Gasteiger partial charge is 0.493 e. The number of benzene rings is 1. The van der Waals surface area contributed by atoms with E-state index in [1.54, 1.807) is 6.92 Å². The van der Waals surface area contributed by atoms with E-state index in [-0.39, 0.29) is 18.0 Å². The van der Waals surface area contributed by atoms with Gasteiger partial charge in [-0.2, -0.15) is 0 Å². The van der Waals surface area contributed by atoms with Crippen molar-refractivity contribution in [3.8, 4) is 5.75 Å². The fraction of sp³-hybridized carbons (Fsp3) is 0.556. The van der Waals surface area contributed by atoms with Gasteiger partial charge in [0.15, 0.2) is 0 Å². The third-order valence-corrected chi connectivity index (χ3v) is 4.80. The van der Waals surface area contributed by atoms with E-state index < -0.39 is 0 Å². The van der Waals surface area contributed by atoms with Crippen molar-refractivity contribution in [2.75, 3.05) is 45.9 Å². The van der Waals surface area contributed by atoms with Crippen molar-refractivity contribution in [2.24, 2.45) is 0 Å². The topological polar surface area (TPSA) is 73.9 Å². The van der Waals surface area contributed by atoms with Gasteiger partial charge in [0, 0.05) is 58.2 Å². The molecule has 2 N–H and O–H groups in total. The van der Waals surface area contributed by atoms with Crippen LogP contribution in [-0.4, -0.2) is 67.6 Å². The lowest BCUT2D eigenvalue weighted by Gasteiger charge is -2.34. The molecule has 2 aliphatic rings. The van der Waals surface area contributed by atoms with E-state index in [9.17, 15) is 9.59 Å². The summed E-state index contributed by atoms with van der Waals surface area (Å²) < 4.78 is 5.61. The number of para-hydroxylation sites is 1. The lowest BCUT2D eigenvalue weighted by molar-refractivity contribution is -0.130. The number of nitrogens with one attached hydrogen (secondary N) is 2. The number of fused-ring (bicyclic) bond motifs is 1. The fourth-order valence-corrected chi connectivity index (χ4v) is 3.32. The average Bonchev–Trinajstić information content (AvgIpc) is 2.62. The van der Waals surface area contributed by atoms with Crippen LogP contribution in [0.4, 0.5) is 4.79 Å². The number of piperazine rings is 1. The van der Waals surface area contributed by atoms with E-state index in [2.05, 4.69) is 15.5 Å². The molecule has 0 bridgehead atoms. The Balaban J connectivity index is 1.39. The highest BCUT2D eigenvalue weighted by atomic mass is 16.5. The molecule has 2 aliphatic heterocycles. The van der Waals surface area contributed by atoms with Crippen molar-refractivity contribution >= 4 is 11.9 Å². The number of amides is 3. The van der Waals surface area contributed by atoms with Gasteiger partial charge in [0.1, 0.15) is 5.75 Å². The standard InChI is InChI=1S/C18H26N4O3/c1-14(23)22-11-9-21(10-12-22)8-7-19-18(24)20-16-6-13-25-17-5-3-2-4-15(16)17/h2-5,16H,6-13H2,1H3,(H2,19,20,24)/t16-/m0/s1. The molecule has 25 heavy (non-hydrogen) atoms. The molecule has 1 fully saturated rings. The van der Waals surface area contributed by atoms with Crippen LogP contribution >= 0.6 is 0 Å². The first-order chi connectivity index (χ1) is 12.1. The molecule has 1 saturated heterocycles. The highest BCUT2D eigenvalue weighted by Crippen LogP contribution is 2.31. The summed E-state index contributed by atoms with van der Waals surface area (Å²) in [5, 5.41) is 5.96. The number of hydrogen-bond acceptors (Lipinski definition) is 4. The minimum Gasteiger partial charge on any atom is -0.493 e. The van der Waals surface area contributed by atoms with Crippen molar-refractivity contribution in [3.05, 3.63) is 29.8 Å². The van der Waals surface area contributed by atoms with Crippen LogP contribution in [0.25, 0.3) is 0 Å². The Morgan fingerprint density at radius 1 is 1.20 bits per heavy atom. The van der Waals surface area contributed by atoms with Gasteiger partial charge in [-0.3, -0.25) is 9.69 Å². The number of urea groups is 1. The summed E-state index contributed by atoms with van der Waals surface area (Å²) in [6.45, 7) is 6.85. The molecule has 0 saturated carbocycles. The number of nitrogens with zero attached hydrogens (tertiary/aromatic N) is 2. The van der Waals surface area contributed by atoms with Crippen LogP contribution in [0.1, 0.15) is 24.9 Å². The van der Waals surface area contributed by atoms with E-state index in [0.717, 1.165) is 50.5 Å². The maximum atomic E-state index is 12.2. The molecule has 136 valence electrons. The molecule has 0 aliphatic carbocycles. The van der Waals surface area contributed by atoms with Gasteiger partial charge in [-0.05, 0) is 6.07 Å². The summed E-state index contributed by atoms with van der Waals surface area (Å²) in [5.41, 5.74) is 1.03. The SMILES string of the molecule is CC(=O)N1CCN(CCNC(=O)N[C@H]2CCOc3ccccc32)CC1. The zero-order valence-corrected chi connectivity index (χ0v) is 14.7. The van der Waals surface area contributed by atoms with Crippen LogP contribution in [0, 0.1) is 0 Å². The van der Waals surface area contributed by atoms with Gasteiger partial charge < -0.3 is 20.3 Å². The maximum Gasteiger partial charge on any atom is 0.315 e. The first-order valence-corrected chi connectivity index (χ1v) is 8.87. The Labute approximate surface area is 148 Å². The zero-order valence-electron chi connectivity index (χ0n) is 14.7. The highest BCUT2D eigenvalue weighted by molar-refractivity contribution is 5.74. The van der Waals surface area contributed by atoms with E-state index in [0.29, 0.717) is 13.2 Å². The van der Waals surface area contributed by atoms with Gasteiger partial charge >= 0.3 is 6.03 Å². The minimum absolute atomic E-state index is 0.0101. The summed E-state index contributed by atoms with van der Waals surface area (Å²) in [5.74, 6) is 0.983. The summed E-state index contributed by atoms with van der Waals surface area (Å²) >= 11 is 0. The van der Waals surface area contributed by atoms with Crippen molar-refractivity contribution < 1.29 is 14.3 Å². The molecule has 3 rings (SSSR count). The monoisotopic (exact) mass is 346 g/mol. The summed E-state index contributed by atoms with van der Waals surface area (Å²) in [6, 6.07) is 7.66. The highest BCUT2D eigenvalue weighted by Gasteiger charge is 2.23. The molecule has 0 radical (unpaired) electrons. The Morgan fingerprint density at radius 2 is 1.96 bits per heavy atom. The molecule has 1 atom stereocenters. The number of hydrogen-bond donors (Lipinski definition) is 2. The molecule has 0 spiro atoms. The molecule has 1 aromatic rings. The second kappa shape index (κ2) is 8.20. The smallest absolute Gasteiger partial charge is 0.315 e. The van der Waals surface area contributed by atoms with Crippen LogP contribution in [0.5, 0.6) is 5.75 Å². The van der Waals surface area contributed by atoms with Gasteiger partial charge in [-0.15, -0.1) is 0 Å². The summed E-state index contributed by atoms with van der Waals surface area (Å²) in [4.78, 5) is 27.6. The van der Waals surface area contributed by atoms with Crippen molar-refractivity contribution in [3.63, 3.8) is 0 Å². The van der Waals surface area contributed by atoms with Crippen molar-refractivity contribution in [1.82, 2.24) is 20.4 Å². The van der Waals surface area contributed by atoms with Gasteiger partial charge in [0.05, 0.1) is 12.6 Å². The van der Waals surface area contributed by atoms with Gasteiger partial charge in [0.2, 0.25) is 5.91 Å². The first kappa shape index (κ1) is 17.5. The van der Waals surface area contributed by atoms with Crippen molar-refractivity contribution in [1.29, 1.82) is 0 Å². The third kappa shape index (κ3) is 4.63. The second-order valence-corrected chi connectivity index (χ2v) is 6.48. The third-order valence-electron chi connectivity index (χ3n) is 4.80. The van der Waals surface area contributed by atoms with E-state index in [4.69, 9.17) is 4.74 Å². The van der Waals surface area contributed by atoms with E-state index >= 15 is 0 Å². The molecule has 7 heteroatoms. The Morgan fingerprint density at radius 3 is 2.72 bits per heavy atom. The molecule has 0 aromatic heterocycles. The van der Waals surface area contributed by atoms with Crippen LogP contribution in [-0.2, 0) is 4.79 Å². The molecular formula is C18H26N4O3. The molecular weight excluding hydrogens is 320 g/mol. The first-order valence-electron chi connectivity index (χ1n) is 8.87. The number of rotatable bonds is 4. The molecule has 3 amide bonds. The van der Waals surface area contributed by atoms with Gasteiger partial charge in [0.25, 0.3) is 0 Å². The van der Waals surface area contributed by atoms with Crippen LogP contribution in [0.3, 0.4) is 0 Å². The van der Waals surface area contributed by atoms with E-state index in [1.165, 1.54) is 0 Å². The Bertz CT molecular complexity index is 614.